The molecule has 0 saturated heterocycles. The molecule has 2 N–H and O–H groups in total. The molecule has 0 unspecified atom stereocenters. The van der Waals surface area contributed by atoms with E-state index in [9.17, 15) is 13.2 Å². The van der Waals surface area contributed by atoms with Gasteiger partial charge in [0.05, 0.1) is 26.3 Å². The van der Waals surface area contributed by atoms with Crippen LogP contribution in [0.3, 0.4) is 0 Å². The minimum Gasteiger partial charge on any atom is -0.497 e. The fourth-order valence-corrected chi connectivity index (χ4v) is 2.37. The molecule has 0 aliphatic carbocycles. The maximum absolute atomic E-state index is 11.7. The quantitative estimate of drug-likeness (QED) is 0.739. The van der Waals surface area contributed by atoms with E-state index < -0.39 is 15.9 Å². The number of hydrogen-bond donors (Lipinski definition) is 2. The molecule has 0 bridgehead atoms. The van der Waals surface area contributed by atoms with Crippen LogP contribution < -0.4 is 14.2 Å². The van der Waals surface area contributed by atoms with Crippen molar-refractivity contribution in [2.45, 2.75) is 11.4 Å². The molecule has 118 valence electrons. The summed E-state index contributed by atoms with van der Waals surface area (Å²) in [4.78, 5) is 11.6. The second-order valence-corrected chi connectivity index (χ2v) is 5.74. The summed E-state index contributed by atoms with van der Waals surface area (Å²) >= 11 is 0. The van der Waals surface area contributed by atoms with Gasteiger partial charge in [0.2, 0.25) is 10.9 Å². The average molecular weight is 326 g/mol. The van der Waals surface area contributed by atoms with Crippen LogP contribution in [0.1, 0.15) is 6.42 Å². The fourth-order valence-electron chi connectivity index (χ4n) is 1.51. The molecular weight excluding hydrogens is 312 g/mol. The Morgan fingerprint density at radius 1 is 1.27 bits per heavy atom. The van der Waals surface area contributed by atoms with Crippen molar-refractivity contribution in [2.75, 3.05) is 13.7 Å². The number of aromatic nitrogens is 3. The molecule has 0 saturated carbocycles. The first-order valence-corrected chi connectivity index (χ1v) is 7.68. The number of benzene rings is 1. The van der Waals surface area contributed by atoms with Crippen molar-refractivity contribution in [3.05, 3.63) is 30.5 Å². The van der Waals surface area contributed by atoms with Crippen LogP contribution in [-0.4, -0.2) is 43.5 Å². The van der Waals surface area contributed by atoms with Gasteiger partial charge in [0.25, 0.3) is 10.0 Å². The Bertz CT molecular complexity index is 712. The molecule has 1 amide bonds. The van der Waals surface area contributed by atoms with Gasteiger partial charge in [0.15, 0.2) is 0 Å². The van der Waals surface area contributed by atoms with E-state index >= 15 is 0 Å². The summed E-state index contributed by atoms with van der Waals surface area (Å²) in [7, 11) is -2.45. The normalized spacial score (nSPS) is 11.0. The number of nitrogens with zero attached hydrogens (tertiary/aromatic N) is 2. The van der Waals surface area contributed by atoms with Crippen molar-refractivity contribution in [3.63, 3.8) is 0 Å². The average Bonchev–Trinajstić information content (AvgIpc) is 3.02. The smallest absolute Gasteiger partial charge is 0.285 e. The Morgan fingerprint density at radius 2 is 1.95 bits per heavy atom. The van der Waals surface area contributed by atoms with E-state index in [1.165, 1.54) is 0 Å². The number of sulfonamides is 1. The molecule has 2 rings (SSSR count). The lowest BCUT2D eigenvalue weighted by molar-refractivity contribution is -0.119. The van der Waals surface area contributed by atoms with Crippen LogP contribution in [0.25, 0.3) is 0 Å². The predicted molar refractivity (Wildman–Crippen MR) is 74.8 cm³/mol. The highest BCUT2D eigenvalue weighted by Gasteiger charge is 2.20. The Balaban J connectivity index is 1.80. The number of nitrogens with one attached hydrogen (secondary N) is 2. The van der Waals surface area contributed by atoms with E-state index in [2.05, 4.69) is 15.4 Å². The Morgan fingerprint density at radius 3 is 2.55 bits per heavy atom. The zero-order valence-corrected chi connectivity index (χ0v) is 12.5. The summed E-state index contributed by atoms with van der Waals surface area (Å²) in [6.45, 7) is 0.0342. The minimum absolute atomic E-state index is 0.0342. The van der Waals surface area contributed by atoms with Gasteiger partial charge in [-0.25, -0.2) is 4.72 Å². The van der Waals surface area contributed by atoms with Crippen LogP contribution in [0.15, 0.2) is 35.5 Å². The first-order chi connectivity index (χ1) is 10.5. The van der Waals surface area contributed by atoms with Gasteiger partial charge in [-0.3, -0.25) is 4.79 Å². The number of aromatic amines is 1. The van der Waals surface area contributed by atoms with Crippen molar-refractivity contribution in [1.82, 2.24) is 20.1 Å². The zero-order valence-electron chi connectivity index (χ0n) is 11.6. The Hall–Kier alpha value is -2.62. The lowest BCUT2D eigenvalue weighted by Gasteiger charge is -2.07. The first-order valence-electron chi connectivity index (χ1n) is 6.19. The number of methoxy groups -OCH3 is 1. The van der Waals surface area contributed by atoms with Gasteiger partial charge in [0.1, 0.15) is 11.5 Å². The van der Waals surface area contributed by atoms with E-state index in [1.54, 1.807) is 31.4 Å². The maximum Gasteiger partial charge on any atom is 0.285 e. The van der Waals surface area contributed by atoms with E-state index in [0.29, 0.717) is 11.5 Å². The summed E-state index contributed by atoms with van der Waals surface area (Å²) in [5.41, 5.74) is 0. The van der Waals surface area contributed by atoms with E-state index in [-0.39, 0.29) is 18.1 Å². The third kappa shape index (κ3) is 4.19. The van der Waals surface area contributed by atoms with Crippen LogP contribution in [0, 0.1) is 0 Å². The third-order valence-corrected chi connectivity index (χ3v) is 3.82. The molecule has 0 aliphatic heterocycles. The fraction of sp³-hybridized carbons (Fsp3) is 0.250. The van der Waals surface area contributed by atoms with Gasteiger partial charge >= 0.3 is 0 Å². The van der Waals surface area contributed by atoms with Crippen LogP contribution >= 0.6 is 0 Å². The van der Waals surface area contributed by atoms with Crippen molar-refractivity contribution >= 4 is 15.9 Å². The number of amides is 1. The molecule has 0 spiro atoms. The predicted octanol–water partition coefficient (Wildman–Crippen LogP) is 0.0873. The Kier molecular flexibility index (Phi) is 4.94. The number of H-pyrrole nitrogens is 1. The molecule has 1 heterocycles. The van der Waals surface area contributed by atoms with Gasteiger partial charge in [0, 0.05) is 0 Å². The van der Waals surface area contributed by atoms with E-state index in [1.807, 2.05) is 4.72 Å². The summed E-state index contributed by atoms with van der Waals surface area (Å²) in [5, 5.41) is 8.58. The van der Waals surface area contributed by atoms with Gasteiger partial charge in [-0.1, -0.05) is 0 Å². The topological polar surface area (TPSA) is 123 Å². The summed E-state index contributed by atoms with van der Waals surface area (Å²) in [6.07, 6.45) is 0.882. The highest BCUT2D eigenvalue weighted by molar-refractivity contribution is 7.90. The molecular formula is C12H14N4O5S. The number of hydrogen-bond acceptors (Lipinski definition) is 7. The van der Waals surface area contributed by atoms with Crippen molar-refractivity contribution in [3.8, 4) is 11.5 Å². The van der Waals surface area contributed by atoms with Gasteiger partial charge in [-0.2, -0.15) is 18.7 Å². The van der Waals surface area contributed by atoms with E-state index in [0.717, 1.165) is 6.20 Å². The molecule has 0 atom stereocenters. The SMILES string of the molecule is COc1ccc(OCCC(=O)NS(=O)(=O)c2cn[nH]n2)cc1. The number of carbonyl (C=O) groups excluding carboxylic acids is 1. The van der Waals surface area contributed by atoms with E-state index in [4.69, 9.17) is 9.47 Å². The highest BCUT2D eigenvalue weighted by Crippen LogP contribution is 2.17. The van der Waals surface area contributed by atoms with Crippen molar-refractivity contribution in [2.24, 2.45) is 0 Å². The lowest BCUT2D eigenvalue weighted by atomic mass is 10.3. The zero-order chi connectivity index (χ0) is 16.0. The number of carbonyl (C=O) groups is 1. The van der Waals surface area contributed by atoms with Gasteiger partial charge < -0.3 is 9.47 Å². The van der Waals surface area contributed by atoms with Crippen LogP contribution in [-0.2, 0) is 14.8 Å². The third-order valence-electron chi connectivity index (χ3n) is 2.57. The molecule has 1 aromatic carbocycles. The molecule has 0 radical (unpaired) electrons. The lowest BCUT2D eigenvalue weighted by Crippen LogP contribution is -2.31. The summed E-state index contributed by atoms with van der Waals surface area (Å²) in [5.74, 6) is 0.535. The van der Waals surface area contributed by atoms with Crippen molar-refractivity contribution in [1.29, 1.82) is 0 Å². The highest BCUT2D eigenvalue weighted by atomic mass is 32.2. The molecule has 22 heavy (non-hydrogen) atoms. The largest absolute Gasteiger partial charge is 0.497 e. The molecule has 9 nitrogen and oxygen atoms in total. The second-order valence-electron chi connectivity index (χ2n) is 4.11. The number of rotatable bonds is 7. The summed E-state index contributed by atoms with van der Waals surface area (Å²) in [6, 6.07) is 6.79. The van der Waals surface area contributed by atoms with Gasteiger partial charge in [-0.05, 0) is 24.3 Å². The molecule has 10 heteroatoms. The molecule has 2 aromatic rings. The summed E-state index contributed by atoms with van der Waals surface area (Å²) < 4.78 is 35.6. The van der Waals surface area contributed by atoms with Crippen LogP contribution in [0.5, 0.6) is 11.5 Å². The molecule has 0 fully saturated rings. The molecule has 0 aliphatic rings. The standard InChI is InChI=1S/C12H14N4O5S/c1-20-9-2-4-10(5-3-9)21-7-6-11(17)15-22(18,19)12-8-13-16-14-12/h2-5,8H,6-7H2,1H3,(H,15,17)(H,13,14,16). The second kappa shape index (κ2) is 6.89. The van der Waals surface area contributed by atoms with Crippen molar-refractivity contribution < 1.29 is 22.7 Å². The van der Waals surface area contributed by atoms with Crippen LogP contribution in [0.2, 0.25) is 0 Å². The monoisotopic (exact) mass is 326 g/mol. The van der Waals surface area contributed by atoms with Gasteiger partial charge in [-0.15, -0.1) is 5.10 Å². The first kappa shape index (κ1) is 15.8. The minimum atomic E-state index is -4.00. The molecule has 1 aromatic heterocycles. The number of ether oxygens (including phenoxy) is 2. The van der Waals surface area contributed by atoms with Crippen LogP contribution in [0.4, 0.5) is 0 Å². The maximum atomic E-state index is 11.7. The Labute approximate surface area is 126 Å².